The lowest BCUT2D eigenvalue weighted by molar-refractivity contribution is 0.0527. The number of ether oxygens (including phenoxy) is 2. The Kier molecular flexibility index (Phi) is 5.25. The van der Waals surface area contributed by atoms with Gasteiger partial charge in [0.05, 0.1) is 29.4 Å². The van der Waals surface area contributed by atoms with Crippen molar-refractivity contribution in [1.29, 1.82) is 0 Å². The standard InChI is InChI=1S/C17H16ClN3O3S/c1-3-24-17(22)13-9-19-16-12(8-14(18)25-16)15(13)21-20-10-4-6-11(23-2)7-5-10/h4-9,20H,3H2,1-2H3,(H,19,21). The van der Waals surface area contributed by atoms with Crippen LogP contribution < -0.4 is 15.6 Å². The molecule has 8 heteroatoms. The van der Waals surface area contributed by atoms with Gasteiger partial charge in [-0.3, -0.25) is 5.43 Å². The Balaban J connectivity index is 1.93. The number of rotatable bonds is 6. The number of hydrogen-bond donors (Lipinski definition) is 2. The highest BCUT2D eigenvalue weighted by Gasteiger charge is 2.18. The second kappa shape index (κ2) is 7.58. The van der Waals surface area contributed by atoms with Gasteiger partial charge in [0, 0.05) is 11.6 Å². The summed E-state index contributed by atoms with van der Waals surface area (Å²) in [4.78, 5) is 17.3. The van der Waals surface area contributed by atoms with E-state index in [2.05, 4.69) is 15.8 Å². The largest absolute Gasteiger partial charge is 0.497 e. The van der Waals surface area contributed by atoms with Gasteiger partial charge in [0.2, 0.25) is 0 Å². The number of carbonyl (C=O) groups excluding carboxylic acids is 1. The number of nitrogens with one attached hydrogen (secondary N) is 2. The molecule has 6 nitrogen and oxygen atoms in total. The minimum atomic E-state index is -0.446. The first-order chi connectivity index (χ1) is 12.1. The van der Waals surface area contributed by atoms with Crippen molar-refractivity contribution in [2.75, 3.05) is 24.6 Å². The lowest BCUT2D eigenvalue weighted by Crippen LogP contribution is -2.15. The molecule has 3 aromatic rings. The predicted octanol–water partition coefficient (Wildman–Crippen LogP) is 4.57. The van der Waals surface area contributed by atoms with Crippen LogP contribution in [0.4, 0.5) is 11.4 Å². The zero-order valence-electron chi connectivity index (χ0n) is 13.6. The minimum absolute atomic E-state index is 0.284. The lowest BCUT2D eigenvalue weighted by Gasteiger charge is -2.14. The summed E-state index contributed by atoms with van der Waals surface area (Å²) in [5.41, 5.74) is 7.87. The Morgan fingerprint density at radius 3 is 2.72 bits per heavy atom. The number of pyridine rings is 1. The maximum atomic E-state index is 12.2. The van der Waals surface area contributed by atoms with E-state index in [1.165, 1.54) is 17.5 Å². The van der Waals surface area contributed by atoms with Crippen LogP contribution in [0.15, 0.2) is 36.5 Å². The van der Waals surface area contributed by atoms with Crippen LogP contribution in [0, 0.1) is 0 Å². The van der Waals surface area contributed by atoms with Gasteiger partial charge < -0.3 is 14.9 Å². The van der Waals surface area contributed by atoms with Crippen molar-refractivity contribution in [3.05, 3.63) is 46.4 Å². The highest BCUT2D eigenvalue weighted by atomic mass is 35.5. The zero-order valence-corrected chi connectivity index (χ0v) is 15.2. The summed E-state index contributed by atoms with van der Waals surface area (Å²) in [6.45, 7) is 2.04. The van der Waals surface area contributed by atoms with E-state index in [9.17, 15) is 4.79 Å². The van der Waals surface area contributed by atoms with Crippen molar-refractivity contribution < 1.29 is 14.3 Å². The summed E-state index contributed by atoms with van der Waals surface area (Å²) in [5.74, 6) is 0.312. The summed E-state index contributed by atoms with van der Waals surface area (Å²) in [6, 6.07) is 9.15. The topological polar surface area (TPSA) is 72.5 Å². The van der Waals surface area contributed by atoms with Crippen LogP contribution >= 0.6 is 22.9 Å². The summed E-state index contributed by atoms with van der Waals surface area (Å²) < 4.78 is 10.8. The Morgan fingerprint density at radius 2 is 2.04 bits per heavy atom. The molecule has 0 amide bonds. The van der Waals surface area contributed by atoms with Crippen molar-refractivity contribution in [3.63, 3.8) is 0 Å². The quantitative estimate of drug-likeness (QED) is 0.484. The van der Waals surface area contributed by atoms with Gasteiger partial charge >= 0.3 is 5.97 Å². The number of halogens is 1. The average molecular weight is 378 g/mol. The molecule has 0 aliphatic heterocycles. The molecule has 2 heterocycles. The number of aromatic nitrogens is 1. The van der Waals surface area contributed by atoms with E-state index in [1.54, 1.807) is 20.1 Å². The van der Waals surface area contributed by atoms with Gasteiger partial charge in [-0.1, -0.05) is 11.6 Å². The van der Waals surface area contributed by atoms with Gasteiger partial charge in [-0.05, 0) is 37.3 Å². The molecule has 0 aliphatic carbocycles. The number of benzene rings is 1. The van der Waals surface area contributed by atoms with E-state index in [1.807, 2.05) is 24.3 Å². The van der Waals surface area contributed by atoms with Gasteiger partial charge in [-0.25, -0.2) is 9.78 Å². The van der Waals surface area contributed by atoms with Crippen LogP contribution in [0.1, 0.15) is 17.3 Å². The molecule has 0 fully saturated rings. The number of hydrazine groups is 1. The summed E-state index contributed by atoms with van der Waals surface area (Å²) in [7, 11) is 1.61. The second-order valence-corrected chi connectivity index (χ2v) is 6.68. The van der Waals surface area contributed by atoms with E-state index in [4.69, 9.17) is 21.1 Å². The Hall–Kier alpha value is -2.51. The number of anilines is 2. The molecular formula is C17H16ClN3O3S. The van der Waals surface area contributed by atoms with E-state index in [0.717, 1.165) is 21.7 Å². The first-order valence-corrected chi connectivity index (χ1v) is 8.73. The summed E-state index contributed by atoms with van der Waals surface area (Å²) >= 11 is 7.44. The third-order valence-corrected chi connectivity index (χ3v) is 4.62. The summed E-state index contributed by atoms with van der Waals surface area (Å²) in [6.07, 6.45) is 1.49. The Morgan fingerprint density at radius 1 is 1.28 bits per heavy atom. The number of esters is 1. The first-order valence-electron chi connectivity index (χ1n) is 7.53. The molecule has 3 rings (SSSR count). The monoisotopic (exact) mass is 377 g/mol. The van der Waals surface area contributed by atoms with Gasteiger partial charge in [0.1, 0.15) is 16.1 Å². The molecule has 0 saturated carbocycles. The van der Waals surface area contributed by atoms with Crippen LogP contribution in [0.3, 0.4) is 0 Å². The van der Waals surface area contributed by atoms with E-state index in [-0.39, 0.29) is 6.61 Å². The Labute approximate surface area is 153 Å². The number of thiophene rings is 1. The maximum Gasteiger partial charge on any atom is 0.341 e. The fourth-order valence-corrected chi connectivity index (χ4v) is 3.33. The van der Waals surface area contributed by atoms with Crippen LogP contribution in [0.5, 0.6) is 5.75 Å². The predicted molar refractivity (Wildman–Crippen MR) is 101 cm³/mol. The number of methoxy groups -OCH3 is 1. The van der Waals surface area contributed by atoms with Crippen LogP contribution in [0.2, 0.25) is 4.34 Å². The SMILES string of the molecule is CCOC(=O)c1cnc2sc(Cl)cc2c1NNc1ccc(OC)cc1. The summed E-state index contributed by atoms with van der Waals surface area (Å²) in [5, 5.41) is 0.751. The second-order valence-electron chi connectivity index (χ2n) is 5.02. The molecule has 0 saturated heterocycles. The molecule has 0 spiro atoms. The third kappa shape index (κ3) is 3.78. The molecule has 130 valence electrons. The van der Waals surface area contributed by atoms with Crippen molar-refractivity contribution in [2.24, 2.45) is 0 Å². The van der Waals surface area contributed by atoms with Gasteiger partial charge in [0.25, 0.3) is 0 Å². The van der Waals surface area contributed by atoms with Crippen LogP contribution in [0.25, 0.3) is 10.2 Å². The van der Waals surface area contributed by atoms with Gasteiger partial charge in [0.15, 0.2) is 0 Å². The molecule has 25 heavy (non-hydrogen) atoms. The van der Waals surface area contributed by atoms with Crippen LogP contribution in [-0.2, 0) is 4.74 Å². The van der Waals surface area contributed by atoms with Crippen molar-refractivity contribution in [1.82, 2.24) is 4.98 Å². The van der Waals surface area contributed by atoms with E-state index in [0.29, 0.717) is 15.6 Å². The maximum absolute atomic E-state index is 12.2. The van der Waals surface area contributed by atoms with Crippen molar-refractivity contribution >= 4 is 50.5 Å². The highest BCUT2D eigenvalue weighted by molar-refractivity contribution is 7.22. The fraction of sp³-hybridized carbons (Fsp3) is 0.176. The number of carbonyl (C=O) groups is 1. The third-order valence-electron chi connectivity index (χ3n) is 3.45. The molecule has 0 radical (unpaired) electrons. The van der Waals surface area contributed by atoms with Crippen molar-refractivity contribution in [3.8, 4) is 5.75 Å². The zero-order chi connectivity index (χ0) is 17.8. The molecule has 2 N–H and O–H groups in total. The average Bonchev–Trinajstić information content (AvgIpc) is 3.00. The molecular weight excluding hydrogens is 362 g/mol. The molecule has 1 aromatic carbocycles. The first kappa shape index (κ1) is 17.3. The van der Waals surface area contributed by atoms with E-state index >= 15 is 0 Å². The molecule has 0 atom stereocenters. The molecule has 0 aliphatic rings. The number of fused-ring (bicyclic) bond motifs is 1. The highest BCUT2D eigenvalue weighted by Crippen LogP contribution is 2.35. The van der Waals surface area contributed by atoms with Gasteiger partial charge in [-0.2, -0.15) is 0 Å². The van der Waals surface area contributed by atoms with E-state index < -0.39 is 5.97 Å². The number of hydrogen-bond acceptors (Lipinski definition) is 7. The lowest BCUT2D eigenvalue weighted by atomic mass is 10.2. The normalized spacial score (nSPS) is 10.5. The molecule has 0 unspecified atom stereocenters. The molecule has 2 aromatic heterocycles. The minimum Gasteiger partial charge on any atom is -0.497 e. The fourth-order valence-electron chi connectivity index (χ4n) is 2.27. The molecule has 0 bridgehead atoms. The Bertz CT molecular complexity index is 896. The smallest absolute Gasteiger partial charge is 0.341 e. The van der Waals surface area contributed by atoms with Crippen LogP contribution in [-0.4, -0.2) is 24.7 Å². The van der Waals surface area contributed by atoms with Gasteiger partial charge in [-0.15, -0.1) is 11.3 Å². The number of nitrogens with zero attached hydrogens (tertiary/aromatic N) is 1. The van der Waals surface area contributed by atoms with Crippen molar-refractivity contribution in [2.45, 2.75) is 6.92 Å².